The van der Waals surface area contributed by atoms with Crippen LogP contribution in [0, 0.1) is 6.92 Å². The average Bonchev–Trinajstić information content (AvgIpc) is 2.49. The Morgan fingerprint density at radius 1 is 1.46 bits per heavy atom. The number of para-hydroxylation sites is 1. The van der Waals surface area contributed by atoms with Crippen LogP contribution in [-0.4, -0.2) is 12.0 Å². The second kappa shape index (κ2) is 3.44. The van der Waals surface area contributed by atoms with Crippen molar-refractivity contribution in [3.05, 3.63) is 28.8 Å². The van der Waals surface area contributed by atoms with Gasteiger partial charge in [-0.1, -0.05) is 12.1 Å². The molecule has 1 aromatic carbocycles. The zero-order chi connectivity index (χ0) is 9.26. The molecule has 3 heteroatoms. The van der Waals surface area contributed by atoms with Crippen LogP contribution in [0.3, 0.4) is 0 Å². The summed E-state index contributed by atoms with van der Waals surface area (Å²) in [6, 6.07) is 6.31. The van der Waals surface area contributed by atoms with Crippen molar-refractivity contribution in [3.8, 4) is 0 Å². The van der Waals surface area contributed by atoms with Crippen LogP contribution in [0.5, 0.6) is 0 Å². The molecule has 2 nitrogen and oxygen atoms in total. The zero-order valence-corrected chi connectivity index (χ0v) is 8.61. The van der Waals surface area contributed by atoms with Gasteiger partial charge in [0.15, 0.2) is 0 Å². The van der Waals surface area contributed by atoms with Gasteiger partial charge in [-0.2, -0.15) is 0 Å². The van der Waals surface area contributed by atoms with Crippen molar-refractivity contribution in [2.75, 3.05) is 7.05 Å². The molecular weight excluding hydrogens is 180 g/mol. The van der Waals surface area contributed by atoms with E-state index >= 15 is 0 Å². The molecule has 13 heavy (non-hydrogen) atoms. The number of nitrogens with zero attached hydrogens (tertiary/aromatic N) is 1. The Hall–Kier alpha value is -0.930. The molecule has 0 saturated carbocycles. The zero-order valence-electron chi connectivity index (χ0n) is 7.79. The predicted octanol–water partition coefficient (Wildman–Crippen LogP) is 2.32. The highest BCUT2D eigenvalue weighted by molar-refractivity contribution is 7.18. The van der Waals surface area contributed by atoms with Crippen LogP contribution >= 0.6 is 11.3 Å². The van der Waals surface area contributed by atoms with E-state index < -0.39 is 0 Å². The second-order valence-corrected chi connectivity index (χ2v) is 4.17. The molecule has 0 radical (unpaired) electrons. The Bertz CT molecular complexity index is 420. The molecule has 0 atom stereocenters. The topological polar surface area (TPSA) is 24.9 Å². The molecule has 1 aromatic heterocycles. The lowest BCUT2D eigenvalue weighted by Gasteiger charge is -1.91. The Labute approximate surface area is 81.6 Å². The number of rotatable bonds is 2. The standard InChI is InChI=1S/C10H12N2S/c1-7-4-3-5-8-10(7)12-9(13-8)6-11-2/h3-5,11H,6H2,1-2H3. The summed E-state index contributed by atoms with van der Waals surface area (Å²) in [4.78, 5) is 4.56. The van der Waals surface area contributed by atoms with Crippen LogP contribution < -0.4 is 5.32 Å². The third-order valence-electron chi connectivity index (χ3n) is 1.99. The van der Waals surface area contributed by atoms with E-state index in [9.17, 15) is 0 Å². The summed E-state index contributed by atoms with van der Waals surface area (Å²) < 4.78 is 1.28. The second-order valence-electron chi connectivity index (χ2n) is 3.06. The lowest BCUT2D eigenvalue weighted by Crippen LogP contribution is -2.03. The molecule has 1 heterocycles. The molecule has 2 rings (SSSR count). The minimum Gasteiger partial charge on any atom is -0.314 e. The summed E-state index contributed by atoms with van der Waals surface area (Å²) in [5.41, 5.74) is 2.41. The number of thiazole rings is 1. The number of aromatic nitrogens is 1. The number of fused-ring (bicyclic) bond motifs is 1. The number of hydrogen-bond donors (Lipinski definition) is 1. The van der Waals surface area contributed by atoms with E-state index in [1.807, 2.05) is 7.05 Å². The van der Waals surface area contributed by atoms with Gasteiger partial charge < -0.3 is 5.32 Å². The third-order valence-corrected chi connectivity index (χ3v) is 3.01. The van der Waals surface area contributed by atoms with Gasteiger partial charge in [-0.05, 0) is 25.6 Å². The first kappa shape index (κ1) is 8.66. The first-order valence-corrected chi connectivity index (χ1v) is 5.12. The van der Waals surface area contributed by atoms with Gasteiger partial charge >= 0.3 is 0 Å². The van der Waals surface area contributed by atoms with E-state index in [0.29, 0.717) is 0 Å². The van der Waals surface area contributed by atoms with Crippen molar-refractivity contribution in [2.24, 2.45) is 0 Å². The van der Waals surface area contributed by atoms with Crippen molar-refractivity contribution in [1.82, 2.24) is 10.3 Å². The molecular formula is C10H12N2S. The quantitative estimate of drug-likeness (QED) is 0.790. The maximum Gasteiger partial charge on any atom is 0.108 e. The lowest BCUT2D eigenvalue weighted by atomic mass is 10.2. The van der Waals surface area contributed by atoms with Crippen LogP contribution in [-0.2, 0) is 6.54 Å². The van der Waals surface area contributed by atoms with Gasteiger partial charge in [0.1, 0.15) is 5.01 Å². The number of nitrogens with one attached hydrogen (secondary N) is 1. The van der Waals surface area contributed by atoms with Crippen LogP contribution in [0.4, 0.5) is 0 Å². The van der Waals surface area contributed by atoms with E-state index in [2.05, 4.69) is 35.4 Å². The number of benzene rings is 1. The largest absolute Gasteiger partial charge is 0.314 e. The summed E-state index contributed by atoms with van der Waals surface area (Å²) >= 11 is 1.76. The van der Waals surface area contributed by atoms with Gasteiger partial charge in [-0.3, -0.25) is 0 Å². The van der Waals surface area contributed by atoms with Crippen molar-refractivity contribution < 1.29 is 0 Å². The molecule has 0 saturated heterocycles. The molecule has 0 fully saturated rings. The molecule has 0 aliphatic heterocycles. The SMILES string of the molecule is CNCc1nc2c(C)cccc2s1. The Morgan fingerprint density at radius 2 is 2.31 bits per heavy atom. The summed E-state index contributed by atoms with van der Waals surface area (Å²) in [6.45, 7) is 2.96. The van der Waals surface area contributed by atoms with Crippen LogP contribution in [0.25, 0.3) is 10.2 Å². The molecule has 0 spiro atoms. The maximum atomic E-state index is 4.56. The van der Waals surface area contributed by atoms with Gasteiger partial charge in [0.2, 0.25) is 0 Å². The summed E-state index contributed by atoms with van der Waals surface area (Å²) in [7, 11) is 1.94. The van der Waals surface area contributed by atoms with Crippen molar-refractivity contribution >= 4 is 21.6 Å². The highest BCUT2D eigenvalue weighted by Crippen LogP contribution is 2.24. The van der Waals surface area contributed by atoms with Crippen LogP contribution in [0.15, 0.2) is 18.2 Å². The minimum atomic E-state index is 0.860. The fraction of sp³-hybridized carbons (Fsp3) is 0.300. The average molecular weight is 192 g/mol. The lowest BCUT2D eigenvalue weighted by molar-refractivity contribution is 0.812. The van der Waals surface area contributed by atoms with Crippen LogP contribution in [0.1, 0.15) is 10.6 Å². The van der Waals surface area contributed by atoms with Crippen LogP contribution in [0.2, 0.25) is 0 Å². The summed E-state index contributed by atoms with van der Waals surface area (Å²) in [5, 5.41) is 4.27. The highest BCUT2D eigenvalue weighted by atomic mass is 32.1. The van der Waals surface area contributed by atoms with E-state index in [1.54, 1.807) is 11.3 Å². The summed E-state index contributed by atoms with van der Waals surface area (Å²) in [6.07, 6.45) is 0. The summed E-state index contributed by atoms with van der Waals surface area (Å²) in [5.74, 6) is 0. The first-order valence-electron chi connectivity index (χ1n) is 4.31. The monoisotopic (exact) mass is 192 g/mol. The fourth-order valence-electron chi connectivity index (χ4n) is 1.36. The van der Waals surface area contributed by atoms with Gasteiger partial charge in [-0.15, -0.1) is 11.3 Å². The van der Waals surface area contributed by atoms with Gasteiger partial charge in [0.25, 0.3) is 0 Å². The van der Waals surface area contributed by atoms with E-state index in [-0.39, 0.29) is 0 Å². The molecule has 0 unspecified atom stereocenters. The third kappa shape index (κ3) is 1.57. The van der Waals surface area contributed by atoms with Gasteiger partial charge in [-0.25, -0.2) is 4.98 Å². The number of aryl methyl sites for hydroxylation is 1. The Kier molecular flexibility index (Phi) is 2.29. The first-order chi connectivity index (χ1) is 6.31. The van der Waals surface area contributed by atoms with Crippen molar-refractivity contribution in [3.63, 3.8) is 0 Å². The predicted molar refractivity (Wildman–Crippen MR) is 57.1 cm³/mol. The smallest absolute Gasteiger partial charge is 0.108 e. The van der Waals surface area contributed by atoms with Crippen molar-refractivity contribution in [1.29, 1.82) is 0 Å². The Morgan fingerprint density at radius 3 is 3.00 bits per heavy atom. The molecule has 0 aliphatic rings. The van der Waals surface area contributed by atoms with E-state index in [4.69, 9.17) is 0 Å². The minimum absolute atomic E-state index is 0.860. The van der Waals surface area contributed by atoms with Gasteiger partial charge in [0, 0.05) is 6.54 Å². The molecule has 0 bridgehead atoms. The Balaban J connectivity index is 2.55. The van der Waals surface area contributed by atoms with E-state index in [1.165, 1.54) is 10.3 Å². The van der Waals surface area contributed by atoms with E-state index in [0.717, 1.165) is 17.1 Å². The molecule has 68 valence electrons. The normalized spacial score (nSPS) is 10.9. The number of hydrogen-bond acceptors (Lipinski definition) is 3. The molecule has 0 amide bonds. The fourth-order valence-corrected chi connectivity index (χ4v) is 2.42. The maximum absolute atomic E-state index is 4.56. The van der Waals surface area contributed by atoms with Gasteiger partial charge in [0.05, 0.1) is 10.2 Å². The molecule has 1 N–H and O–H groups in total. The highest BCUT2D eigenvalue weighted by Gasteiger charge is 2.03. The van der Waals surface area contributed by atoms with Crippen molar-refractivity contribution in [2.45, 2.75) is 13.5 Å². The molecule has 0 aliphatic carbocycles. The molecule has 2 aromatic rings.